The molecule has 5 nitrogen and oxygen atoms in total. The average molecular weight is 295 g/mol. The first-order valence-corrected chi connectivity index (χ1v) is 8.51. The Hall–Kier alpha value is -1.11. The van der Waals surface area contributed by atoms with Gasteiger partial charge in [-0.15, -0.1) is 0 Å². The van der Waals surface area contributed by atoms with Crippen molar-refractivity contribution < 1.29 is 8.42 Å². The number of nitrogens with zero attached hydrogens (tertiary/aromatic N) is 2. The summed E-state index contributed by atoms with van der Waals surface area (Å²) in [6, 6.07) is 7.57. The molecule has 0 aromatic heterocycles. The molecule has 0 saturated carbocycles. The number of anilines is 1. The van der Waals surface area contributed by atoms with Crippen molar-refractivity contribution in [1.82, 2.24) is 9.21 Å². The van der Waals surface area contributed by atoms with Gasteiger partial charge in [0, 0.05) is 25.2 Å². The molecule has 2 saturated heterocycles. The number of hydrogen-bond donors (Lipinski definition) is 1. The fourth-order valence-electron chi connectivity index (χ4n) is 3.35. The summed E-state index contributed by atoms with van der Waals surface area (Å²) in [7, 11) is -1.37. The number of nitrogen functional groups attached to an aromatic ring is 1. The van der Waals surface area contributed by atoms with Crippen molar-refractivity contribution in [1.29, 1.82) is 0 Å². The minimum atomic E-state index is -3.48. The summed E-state index contributed by atoms with van der Waals surface area (Å²) < 4.78 is 27.2. The maximum Gasteiger partial charge on any atom is 0.245 e. The Morgan fingerprint density at radius 2 is 1.85 bits per heavy atom. The number of para-hydroxylation sites is 1. The van der Waals surface area contributed by atoms with E-state index in [1.807, 2.05) is 0 Å². The zero-order valence-electron chi connectivity index (χ0n) is 11.7. The van der Waals surface area contributed by atoms with Gasteiger partial charge in [0.15, 0.2) is 0 Å². The highest BCUT2D eigenvalue weighted by atomic mass is 32.2. The van der Waals surface area contributed by atoms with Crippen LogP contribution in [0.5, 0.6) is 0 Å². The van der Waals surface area contributed by atoms with E-state index in [0.717, 1.165) is 12.8 Å². The Balaban J connectivity index is 1.91. The van der Waals surface area contributed by atoms with Gasteiger partial charge in [0.25, 0.3) is 0 Å². The van der Waals surface area contributed by atoms with E-state index in [9.17, 15) is 8.42 Å². The summed E-state index contributed by atoms with van der Waals surface area (Å²) >= 11 is 0. The smallest absolute Gasteiger partial charge is 0.245 e. The number of hydrogen-bond acceptors (Lipinski definition) is 4. The molecule has 110 valence electrons. The van der Waals surface area contributed by atoms with Crippen LogP contribution in [0, 0.1) is 0 Å². The predicted octanol–water partition coefficient (Wildman–Crippen LogP) is 1.13. The van der Waals surface area contributed by atoms with Crippen LogP contribution < -0.4 is 5.73 Å². The maximum atomic E-state index is 12.8. The second kappa shape index (κ2) is 5.02. The Morgan fingerprint density at radius 1 is 1.15 bits per heavy atom. The Morgan fingerprint density at radius 3 is 2.60 bits per heavy atom. The molecule has 2 atom stereocenters. The Kier molecular flexibility index (Phi) is 3.48. The van der Waals surface area contributed by atoms with Crippen molar-refractivity contribution in [2.75, 3.05) is 25.9 Å². The molecule has 20 heavy (non-hydrogen) atoms. The second-order valence-corrected chi connectivity index (χ2v) is 7.65. The first-order chi connectivity index (χ1) is 9.50. The number of benzene rings is 1. The zero-order chi connectivity index (χ0) is 14.3. The number of fused-ring (bicyclic) bond motifs is 2. The first kappa shape index (κ1) is 13.9. The molecule has 0 radical (unpaired) electrons. The number of sulfonamides is 1. The highest BCUT2D eigenvalue weighted by molar-refractivity contribution is 7.89. The van der Waals surface area contributed by atoms with Crippen molar-refractivity contribution in [3.05, 3.63) is 24.3 Å². The number of rotatable bonds is 2. The van der Waals surface area contributed by atoms with Gasteiger partial charge in [0.2, 0.25) is 10.0 Å². The molecule has 2 bridgehead atoms. The molecular weight excluding hydrogens is 274 g/mol. The molecule has 3 rings (SSSR count). The summed E-state index contributed by atoms with van der Waals surface area (Å²) in [5.41, 5.74) is 6.17. The molecular formula is C14H21N3O2S. The molecule has 0 aliphatic carbocycles. The van der Waals surface area contributed by atoms with E-state index in [2.05, 4.69) is 11.9 Å². The summed E-state index contributed by atoms with van der Waals surface area (Å²) in [6.45, 7) is 1.16. The van der Waals surface area contributed by atoms with Gasteiger partial charge in [-0.05, 0) is 38.4 Å². The SMILES string of the molecule is CN1C2CCC1CN(S(=O)(=O)c1ccccc1N)CC2. The van der Waals surface area contributed by atoms with Crippen molar-refractivity contribution in [3.63, 3.8) is 0 Å². The quantitative estimate of drug-likeness (QED) is 0.831. The van der Waals surface area contributed by atoms with Crippen LogP contribution in [-0.2, 0) is 10.0 Å². The molecule has 2 N–H and O–H groups in total. The van der Waals surface area contributed by atoms with Crippen LogP contribution >= 0.6 is 0 Å². The third-order valence-electron chi connectivity index (χ3n) is 4.65. The first-order valence-electron chi connectivity index (χ1n) is 7.07. The molecule has 6 heteroatoms. The Labute approximate surface area is 120 Å². The van der Waals surface area contributed by atoms with Crippen LogP contribution in [0.4, 0.5) is 5.69 Å². The second-order valence-electron chi connectivity index (χ2n) is 5.74. The Bertz CT molecular complexity index is 602. The minimum Gasteiger partial charge on any atom is -0.398 e. The van der Waals surface area contributed by atoms with Gasteiger partial charge in [0.05, 0.1) is 5.69 Å². The lowest BCUT2D eigenvalue weighted by Crippen LogP contribution is -2.39. The fraction of sp³-hybridized carbons (Fsp3) is 0.571. The molecule has 0 amide bonds. The fourth-order valence-corrected chi connectivity index (χ4v) is 4.96. The van der Waals surface area contributed by atoms with Gasteiger partial charge in [-0.25, -0.2) is 8.42 Å². The van der Waals surface area contributed by atoms with E-state index in [0.29, 0.717) is 30.9 Å². The van der Waals surface area contributed by atoms with Crippen LogP contribution in [-0.4, -0.2) is 49.8 Å². The third-order valence-corrected chi connectivity index (χ3v) is 6.59. The van der Waals surface area contributed by atoms with E-state index in [1.165, 1.54) is 6.42 Å². The highest BCUT2D eigenvalue weighted by Crippen LogP contribution is 2.31. The minimum absolute atomic E-state index is 0.237. The van der Waals surface area contributed by atoms with Crippen LogP contribution in [0.2, 0.25) is 0 Å². The lowest BCUT2D eigenvalue weighted by atomic mass is 10.1. The molecule has 1 aromatic carbocycles. The average Bonchev–Trinajstić information content (AvgIpc) is 2.62. The van der Waals surface area contributed by atoms with E-state index < -0.39 is 10.0 Å². The largest absolute Gasteiger partial charge is 0.398 e. The zero-order valence-corrected chi connectivity index (χ0v) is 12.5. The van der Waals surface area contributed by atoms with Crippen LogP contribution in [0.25, 0.3) is 0 Å². The van der Waals surface area contributed by atoms with E-state index in [4.69, 9.17) is 5.73 Å². The molecule has 0 spiro atoms. The van der Waals surface area contributed by atoms with Crippen LogP contribution in [0.1, 0.15) is 19.3 Å². The maximum absolute atomic E-state index is 12.8. The van der Waals surface area contributed by atoms with Gasteiger partial charge < -0.3 is 5.73 Å². The van der Waals surface area contributed by atoms with E-state index in [-0.39, 0.29) is 4.90 Å². The van der Waals surface area contributed by atoms with Gasteiger partial charge in [-0.2, -0.15) is 4.31 Å². The molecule has 2 aliphatic heterocycles. The summed E-state index contributed by atoms with van der Waals surface area (Å²) in [4.78, 5) is 2.57. The lowest BCUT2D eigenvalue weighted by Gasteiger charge is -2.25. The van der Waals surface area contributed by atoms with Crippen molar-refractivity contribution in [2.24, 2.45) is 0 Å². The van der Waals surface area contributed by atoms with E-state index >= 15 is 0 Å². The molecule has 2 heterocycles. The summed E-state index contributed by atoms with van der Waals surface area (Å²) in [5, 5.41) is 0. The van der Waals surface area contributed by atoms with Crippen molar-refractivity contribution in [2.45, 2.75) is 36.2 Å². The van der Waals surface area contributed by atoms with Crippen LogP contribution in [0.15, 0.2) is 29.2 Å². The van der Waals surface area contributed by atoms with Gasteiger partial charge >= 0.3 is 0 Å². The monoisotopic (exact) mass is 295 g/mol. The molecule has 2 unspecified atom stereocenters. The van der Waals surface area contributed by atoms with Crippen molar-refractivity contribution in [3.8, 4) is 0 Å². The van der Waals surface area contributed by atoms with Gasteiger partial charge in [-0.3, -0.25) is 4.90 Å². The molecule has 1 aromatic rings. The van der Waals surface area contributed by atoms with E-state index in [1.54, 1.807) is 28.6 Å². The normalized spacial score (nSPS) is 28.4. The molecule has 2 aliphatic rings. The predicted molar refractivity (Wildman–Crippen MR) is 78.8 cm³/mol. The van der Waals surface area contributed by atoms with Gasteiger partial charge in [0.1, 0.15) is 4.90 Å². The molecule has 2 fully saturated rings. The van der Waals surface area contributed by atoms with Crippen LogP contribution in [0.3, 0.4) is 0 Å². The lowest BCUT2D eigenvalue weighted by molar-refractivity contribution is 0.246. The van der Waals surface area contributed by atoms with Gasteiger partial charge in [-0.1, -0.05) is 12.1 Å². The topological polar surface area (TPSA) is 66.6 Å². The summed E-state index contributed by atoms with van der Waals surface area (Å²) in [6.07, 6.45) is 3.17. The number of nitrogens with two attached hydrogens (primary N) is 1. The number of likely N-dealkylation sites (N-methyl/N-ethyl adjacent to an activating group) is 1. The standard InChI is InChI=1S/C14H21N3O2S/c1-16-11-6-7-12(16)10-17(9-8-11)20(18,19)14-5-3-2-4-13(14)15/h2-5,11-12H,6-10,15H2,1H3. The third kappa shape index (κ3) is 2.21. The highest BCUT2D eigenvalue weighted by Gasteiger charge is 2.38. The summed E-state index contributed by atoms with van der Waals surface area (Å²) in [5.74, 6) is 0. The van der Waals surface area contributed by atoms with Crippen molar-refractivity contribution >= 4 is 15.7 Å².